The summed E-state index contributed by atoms with van der Waals surface area (Å²) < 4.78 is 7.51. The Labute approximate surface area is 197 Å². The molecule has 1 aromatic heterocycles. The minimum atomic E-state index is -0.117. The minimum absolute atomic E-state index is 0.0174. The monoisotopic (exact) mass is 454 g/mol. The van der Waals surface area contributed by atoms with E-state index in [0.717, 1.165) is 43.8 Å². The first-order valence-electron chi connectivity index (χ1n) is 12.6. The van der Waals surface area contributed by atoms with Gasteiger partial charge in [-0.25, -0.2) is 4.98 Å². The summed E-state index contributed by atoms with van der Waals surface area (Å²) in [7, 11) is 0. The van der Waals surface area contributed by atoms with E-state index in [2.05, 4.69) is 41.5 Å². The number of fused-ring (bicyclic) bond motifs is 1. The average Bonchev–Trinajstić information content (AvgIpc) is 3.21. The van der Waals surface area contributed by atoms with Gasteiger partial charge < -0.3 is 19.1 Å². The van der Waals surface area contributed by atoms with E-state index in [1.807, 2.05) is 17.9 Å². The normalized spacial score (nSPS) is 19.9. The molecular weight excluding hydrogens is 416 g/mol. The standard InChI is InChI=1S/C26H38N4O3/c1-4-33-25(32)20-12-15-28(16-13-20)24(31)21-8-7-14-29(18-21)26-27-22-9-5-6-10-23(22)30(26)17-11-19(2)3/h5-6,9-10,19-21H,4,7-8,11-18H2,1-3H3. The van der Waals surface area contributed by atoms with E-state index in [-0.39, 0.29) is 23.7 Å². The van der Waals surface area contributed by atoms with Gasteiger partial charge in [-0.05, 0) is 57.1 Å². The van der Waals surface area contributed by atoms with Crippen molar-refractivity contribution >= 4 is 28.9 Å². The molecule has 0 radical (unpaired) electrons. The molecule has 3 heterocycles. The number of carbonyl (C=O) groups excluding carboxylic acids is 2. The third-order valence-electron chi connectivity index (χ3n) is 7.04. The van der Waals surface area contributed by atoms with Crippen molar-refractivity contribution in [2.75, 3.05) is 37.7 Å². The van der Waals surface area contributed by atoms with Gasteiger partial charge in [0.25, 0.3) is 0 Å². The fourth-order valence-corrected chi connectivity index (χ4v) is 5.13. The summed E-state index contributed by atoms with van der Waals surface area (Å²) in [6, 6.07) is 8.33. The number of anilines is 1. The summed E-state index contributed by atoms with van der Waals surface area (Å²) >= 11 is 0. The van der Waals surface area contributed by atoms with Crippen LogP contribution < -0.4 is 4.90 Å². The molecule has 1 aromatic carbocycles. The van der Waals surface area contributed by atoms with Crippen LogP contribution >= 0.6 is 0 Å². The zero-order valence-electron chi connectivity index (χ0n) is 20.3. The van der Waals surface area contributed by atoms with E-state index in [0.29, 0.717) is 45.0 Å². The average molecular weight is 455 g/mol. The SMILES string of the molecule is CCOC(=O)C1CCN(C(=O)C2CCCN(c3nc4ccccc4n3CCC(C)C)C2)CC1. The number of rotatable bonds is 7. The number of aromatic nitrogens is 2. The van der Waals surface area contributed by atoms with Crippen LogP contribution in [0.25, 0.3) is 11.0 Å². The van der Waals surface area contributed by atoms with Crippen LogP contribution in [-0.2, 0) is 20.9 Å². The molecule has 0 spiro atoms. The number of benzene rings is 1. The summed E-state index contributed by atoms with van der Waals surface area (Å²) in [6.07, 6.45) is 4.40. The van der Waals surface area contributed by atoms with Gasteiger partial charge >= 0.3 is 5.97 Å². The Balaban J connectivity index is 1.45. The smallest absolute Gasteiger partial charge is 0.309 e. The topological polar surface area (TPSA) is 67.7 Å². The maximum atomic E-state index is 13.4. The highest BCUT2D eigenvalue weighted by Gasteiger charge is 2.34. The lowest BCUT2D eigenvalue weighted by molar-refractivity contribution is -0.151. The van der Waals surface area contributed by atoms with Crippen LogP contribution in [0, 0.1) is 17.8 Å². The Hall–Kier alpha value is -2.57. The van der Waals surface area contributed by atoms with Crippen molar-refractivity contribution in [3.63, 3.8) is 0 Å². The Morgan fingerprint density at radius 2 is 1.85 bits per heavy atom. The van der Waals surface area contributed by atoms with E-state index in [4.69, 9.17) is 9.72 Å². The van der Waals surface area contributed by atoms with Gasteiger partial charge in [0.2, 0.25) is 11.9 Å². The third-order valence-corrected chi connectivity index (χ3v) is 7.04. The number of carbonyl (C=O) groups is 2. The molecule has 2 aliphatic heterocycles. The van der Waals surface area contributed by atoms with Crippen LogP contribution in [0.3, 0.4) is 0 Å². The minimum Gasteiger partial charge on any atom is -0.466 e. The maximum absolute atomic E-state index is 13.4. The van der Waals surface area contributed by atoms with E-state index in [1.165, 1.54) is 5.52 Å². The molecule has 1 unspecified atom stereocenters. The number of hydrogen-bond donors (Lipinski definition) is 0. The summed E-state index contributed by atoms with van der Waals surface area (Å²) in [5.74, 6) is 1.64. The Bertz CT molecular complexity index is 962. The molecule has 2 saturated heterocycles. The first-order chi connectivity index (χ1) is 16.0. The molecule has 0 aliphatic carbocycles. The highest BCUT2D eigenvalue weighted by molar-refractivity contribution is 5.81. The molecule has 0 saturated carbocycles. The van der Waals surface area contributed by atoms with Crippen molar-refractivity contribution in [3.05, 3.63) is 24.3 Å². The molecule has 0 bridgehead atoms. The van der Waals surface area contributed by atoms with E-state index in [9.17, 15) is 9.59 Å². The van der Waals surface area contributed by atoms with Crippen LogP contribution in [0.4, 0.5) is 5.95 Å². The zero-order chi connectivity index (χ0) is 23.4. The molecule has 7 heteroatoms. The number of piperidine rings is 2. The number of para-hydroxylation sites is 2. The zero-order valence-corrected chi connectivity index (χ0v) is 20.3. The van der Waals surface area contributed by atoms with Crippen LogP contribution in [0.5, 0.6) is 0 Å². The summed E-state index contributed by atoms with van der Waals surface area (Å²) in [5.41, 5.74) is 2.19. The molecule has 2 aliphatic rings. The molecule has 2 fully saturated rings. The van der Waals surface area contributed by atoms with E-state index < -0.39 is 0 Å². The predicted molar refractivity (Wildman–Crippen MR) is 130 cm³/mol. The maximum Gasteiger partial charge on any atom is 0.309 e. The van der Waals surface area contributed by atoms with E-state index >= 15 is 0 Å². The number of nitrogens with zero attached hydrogens (tertiary/aromatic N) is 4. The van der Waals surface area contributed by atoms with Crippen molar-refractivity contribution < 1.29 is 14.3 Å². The first-order valence-corrected chi connectivity index (χ1v) is 12.6. The van der Waals surface area contributed by atoms with Crippen molar-refractivity contribution in [1.29, 1.82) is 0 Å². The number of ether oxygens (including phenoxy) is 1. The lowest BCUT2D eigenvalue weighted by Crippen LogP contribution is -2.48. The van der Waals surface area contributed by atoms with Crippen molar-refractivity contribution in [2.45, 2.75) is 59.4 Å². The highest BCUT2D eigenvalue weighted by Crippen LogP contribution is 2.29. The Morgan fingerprint density at radius 3 is 2.58 bits per heavy atom. The Kier molecular flexibility index (Phi) is 7.56. The second-order valence-corrected chi connectivity index (χ2v) is 9.87. The molecule has 7 nitrogen and oxygen atoms in total. The number of imidazole rings is 1. The third kappa shape index (κ3) is 5.33. The second-order valence-electron chi connectivity index (χ2n) is 9.87. The summed E-state index contributed by atoms with van der Waals surface area (Å²) in [5, 5.41) is 0. The molecule has 4 rings (SSSR count). The fraction of sp³-hybridized carbons (Fsp3) is 0.654. The molecule has 33 heavy (non-hydrogen) atoms. The van der Waals surface area contributed by atoms with Crippen molar-refractivity contribution in [2.24, 2.45) is 17.8 Å². The van der Waals surface area contributed by atoms with Gasteiger partial charge in [0.05, 0.1) is 29.5 Å². The molecular formula is C26H38N4O3. The Morgan fingerprint density at radius 1 is 1.09 bits per heavy atom. The fourth-order valence-electron chi connectivity index (χ4n) is 5.13. The first kappa shape index (κ1) is 23.6. The second kappa shape index (κ2) is 10.6. The van der Waals surface area contributed by atoms with Gasteiger partial charge in [-0.2, -0.15) is 0 Å². The lowest BCUT2D eigenvalue weighted by Gasteiger charge is -2.38. The molecule has 0 N–H and O–H groups in total. The van der Waals surface area contributed by atoms with Gasteiger partial charge in [0.15, 0.2) is 0 Å². The van der Waals surface area contributed by atoms with Crippen LogP contribution in [0.1, 0.15) is 52.9 Å². The number of likely N-dealkylation sites (tertiary alicyclic amines) is 1. The van der Waals surface area contributed by atoms with Crippen molar-refractivity contribution in [3.8, 4) is 0 Å². The summed E-state index contributed by atoms with van der Waals surface area (Å²) in [4.78, 5) is 34.7. The lowest BCUT2D eigenvalue weighted by atomic mass is 9.93. The number of amides is 1. The van der Waals surface area contributed by atoms with Gasteiger partial charge in [-0.1, -0.05) is 26.0 Å². The van der Waals surface area contributed by atoms with Crippen LogP contribution in [-0.4, -0.2) is 59.1 Å². The molecule has 2 aromatic rings. The molecule has 1 atom stereocenters. The number of esters is 1. The van der Waals surface area contributed by atoms with Gasteiger partial charge in [-0.15, -0.1) is 0 Å². The number of hydrogen-bond acceptors (Lipinski definition) is 5. The van der Waals surface area contributed by atoms with Gasteiger partial charge in [-0.3, -0.25) is 9.59 Å². The summed E-state index contributed by atoms with van der Waals surface area (Å²) in [6.45, 7) is 10.6. The van der Waals surface area contributed by atoms with Gasteiger partial charge in [0, 0.05) is 32.7 Å². The molecule has 1 amide bonds. The molecule has 180 valence electrons. The van der Waals surface area contributed by atoms with E-state index in [1.54, 1.807) is 0 Å². The highest BCUT2D eigenvalue weighted by atomic mass is 16.5. The van der Waals surface area contributed by atoms with Crippen molar-refractivity contribution in [1.82, 2.24) is 14.5 Å². The van der Waals surface area contributed by atoms with Crippen LogP contribution in [0.2, 0.25) is 0 Å². The van der Waals surface area contributed by atoms with Gasteiger partial charge in [0.1, 0.15) is 0 Å². The van der Waals surface area contributed by atoms with Crippen LogP contribution in [0.15, 0.2) is 24.3 Å². The largest absolute Gasteiger partial charge is 0.466 e. The number of aryl methyl sites for hydroxylation is 1. The quantitative estimate of drug-likeness (QED) is 0.589. The predicted octanol–water partition coefficient (Wildman–Crippen LogP) is 4.10.